The Morgan fingerprint density at radius 2 is 0.516 bits per heavy atom. The van der Waals surface area contributed by atoms with Gasteiger partial charge in [0.2, 0.25) is 0 Å². The predicted octanol–water partition coefficient (Wildman–Crippen LogP) is 1.82. The molecule has 0 aliphatic rings. The van der Waals surface area contributed by atoms with Crippen molar-refractivity contribution in [2.45, 2.75) is 130 Å². The van der Waals surface area contributed by atoms with Crippen molar-refractivity contribution >= 4 is 15.6 Å². The Labute approximate surface area is 190 Å². The van der Waals surface area contributed by atoms with Gasteiger partial charge in [-0.15, -0.1) is 0 Å². The fraction of sp³-hybridized carbons (Fsp3) is 1.00. The predicted molar refractivity (Wildman–Crippen MR) is 115 cm³/mol. The average Bonchev–Trinajstić information content (AvgIpc) is 2.61. The van der Waals surface area contributed by atoms with E-state index in [0.29, 0.717) is 0 Å². The van der Waals surface area contributed by atoms with Crippen LogP contribution in [-0.4, -0.2) is 5.48 Å². The van der Waals surface area contributed by atoms with Gasteiger partial charge in [0, 0.05) is 0 Å². The highest BCUT2D eigenvalue weighted by Gasteiger charge is 1.93. The Morgan fingerprint density at radius 3 is 0.613 bits per heavy atom. The molecule has 11 heteroatoms. The Bertz CT molecular complexity index is 332. The van der Waals surface area contributed by atoms with Gasteiger partial charge in [-0.1, -0.05) is 130 Å². The van der Waals surface area contributed by atoms with E-state index in [2.05, 4.69) is 13.8 Å². The molecule has 0 unspecified atom stereocenters. The maximum absolute atomic E-state index is 8.55. The van der Waals surface area contributed by atoms with Crippen LogP contribution >= 0.6 is 15.6 Å². The fourth-order valence-corrected chi connectivity index (χ4v) is 2.62. The third-order valence-corrected chi connectivity index (χ3v) is 3.96. The molecular weight excluding hydrogens is 446 g/mol. The van der Waals surface area contributed by atoms with Crippen molar-refractivity contribution in [3.63, 3.8) is 0 Å². The van der Waals surface area contributed by atoms with Crippen molar-refractivity contribution in [1.29, 1.82) is 0 Å². The first kappa shape index (κ1) is 41.4. The molecule has 0 atom stereocenters. The van der Waals surface area contributed by atoms with Gasteiger partial charge in [0.05, 0.1) is 0 Å². The standard InChI is InChI=1S/C18H38.C2H6.2H3O4P.H2O/c1-3-5-7-9-11-13-15-17-18-16-14-12-10-8-6-4-2;1-2;2*1-5(2,3)4;/h3-18H2,1-2H3;1-2H3;2*(H3,1,2,3,4);1H2/p-6. The molecule has 0 saturated carbocycles. The van der Waals surface area contributed by atoms with Gasteiger partial charge in [-0.25, -0.2) is 0 Å². The van der Waals surface area contributed by atoms with Crippen molar-refractivity contribution < 1.29 is 44.0 Å². The van der Waals surface area contributed by atoms with E-state index in [-0.39, 0.29) is 5.48 Å². The average molecular weight is 493 g/mol. The molecule has 0 aliphatic heterocycles. The zero-order chi connectivity index (χ0) is 24.3. The van der Waals surface area contributed by atoms with E-state index < -0.39 is 15.6 Å². The van der Waals surface area contributed by atoms with Crippen molar-refractivity contribution in [2.75, 3.05) is 0 Å². The van der Waals surface area contributed by atoms with E-state index in [0.717, 1.165) is 0 Å². The maximum Gasteiger partial charge on any atom is -0.0533 e. The van der Waals surface area contributed by atoms with Crippen LogP contribution in [0.4, 0.5) is 0 Å². The lowest BCUT2D eigenvalue weighted by atomic mass is 10.0. The van der Waals surface area contributed by atoms with Gasteiger partial charge in [-0.05, 0) is 0 Å². The van der Waals surface area contributed by atoms with Gasteiger partial charge in [-0.2, -0.15) is 15.6 Å². The lowest BCUT2D eigenvalue weighted by Gasteiger charge is -2.36. The first-order valence-corrected chi connectivity index (χ1v) is 14.3. The number of hydrogen-bond donors (Lipinski definition) is 0. The minimum atomic E-state index is -5.39. The summed E-state index contributed by atoms with van der Waals surface area (Å²) in [5, 5.41) is 0. The highest BCUT2D eigenvalue weighted by atomic mass is 31.2. The molecule has 196 valence electrons. The summed E-state index contributed by atoms with van der Waals surface area (Å²) in [5.41, 5.74) is 0. The normalized spacial score (nSPS) is 10.4. The zero-order valence-corrected chi connectivity index (χ0v) is 21.8. The van der Waals surface area contributed by atoms with Crippen LogP contribution in [0.2, 0.25) is 0 Å². The topological polar surface area (TPSA) is 204 Å². The van der Waals surface area contributed by atoms with Gasteiger partial charge in [-0.3, -0.25) is 0 Å². The molecule has 31 heavy (non-hydrogen) atoms. The summed E-state index contributed by atoms with van der Waals surface area (Å²) >= 11 is 0. The summed E-state index contributed by atoms with van der Waals surface area (Å²) in [5.74, 6) is 0. The smallest absolute Gasteiger partial charge is 0.0533 e. The van der Waals surface area contributed by atoms with Gasteiger partial charge >= 0.3 is 0 Å². The van der Waals surface area contributed by atoms with Crippen LogP contribution in [0.15, 0.2) is 0 Å². The Hall–Kier alpha value is 0.180. The lowest BCUT2D eigenvalue weighted by Crippen LogP contribution is -2.24. The number of hydrogen-bond acceptors (Lipinski definition) is 8. The van der Waals surface area contributed by atoms with Crippen molar-refractivity contribution in [3.8, 4) is 0 Å². The van der Waals surface area contributed by atoms with Crippen molar-refractivity contribution in [3.05, 3.63) is 0 Å². The summed E-state index contributed by atoms with van der Waals surface area (Å²) in [6.45, 7) is 8.59. The molecule has 0 saturated heterocycles. The minimum absolute atomic E-state index is 0. The van der Waals surface area contributed by atoms with E-state index in [1.54, 1.807) is 0 Å². The molecule has 2 N–H and O–H groups in total. The molecule has 0 spiro atoms. The second-order valence-electron chi connectivity index (χ2n) is 6.84. The van der Waals surface area contributed by atoms with E-state index in [4.69, 9.17) is 38.5 Å². The molecule has 0 amide bonds. The second kappa shape index (κ2) is 32.4. The van der Waals surface area contributed by atoms with Crippen LogP contribution < -0.4 is 29.4 Å². The first-order chi connectivity index (χ1) is 13.9. The van der Waals surface area contributed by atoms with Crippen LogP contribution in [0, 0.1) is 0 Å². The molecule has 0 aliphatic carbocycles. The van der Waals surface area contributed by atoms with Gasteiger partial charge in [0.25, 0.3) is 0 Å². The number of phosphoric acid groups is 2. The molecule has 0 bridgehead atoms. The number of unbranched alkanes of at least 4 members (excludes halogenated alkanes) is 15. The third kappa shape index (κ3) is 104. The molecule has 0 rings (SSSR count). The lowest BCUT2D eigenvalue weighted by molar-refractivity contribution is -0.434. The summed E-state index contributed by atoms with van der Waals surface area (Å²) in [4.78, 5) is 51.3. The summed E-state index contributed by atoms with van der Waals surface area (Å²) in [7, 11) is -10.8. The van der Waals surface area contributed by atoms with E-state index >= 15 is 0 Å². The Morgan fingerprint density at radius 1 is 0.419 bits per heavy atom. The maximum atomic E-state index is 8.55. The zero-order valence-electron chi connectivity index (χ0n) is 20.0. The summed E-state index contributed by atoms with van der Waals surface area (Å²) in [6, 6.07) is 0. The highest BCUT2D eigenvalue weighted by Crippen LogP contribution is 2.13. The van der Waals surface area contributed by atoms with Crippen LogP contribution in [0.25, 0.3) is 0 Å². The molecular formula is C20H46O9P2-6. The van der Waals surface area contributed by atoms with Gasteiger partial charge in [0.1, 0.15) is 0 Å². The molecule has 0 aromatic rings. The van der Waals surface area contributed by atoms with Crippen LogP contribution in [0.3, 0.4) is 0 Å². The van der Waals surface area contributed by atoms with Crippen molar-refractivity contribution in [2.24, 2.45) is 0 Å². The molecule has 9 nitrogen and oxygen atoms in total. The third-order valence-electron chi connectivity index (χ3n) is 3.96. The number of rotatable bonds is 15. The van der Waals surface area contributed by atoms with Gasteiger partial charge in [0.15, 0.2) is 0 Å². The molecule has 0 aromatic heterocycles. The summed E-state index contributed by atoms with van der Waals surface area (Å²) in [6.07, 6.45) is 23.4. The molecule has 0 aromatic carbocycles. The van der Waals surface area contributed by atoms with E-state index in [1.165, 1.54) is 103 Å². The molecule has 0 fully saturated rings. The minimum Gasteiger partial charge on any atom is -0.822 e. The summed E-state index contributed by atoms with van der Waals surface area (Å²) < 4.78 is 17.1. The monoisotopic (exact) mass is 492 g/mol. The Kier molecular flexibility index (Phi) is 43.3. The second-order valence-corrected chi connectivity index (χ2v) is 8.63. The van der Waals surface area contributed by atoms with Crippen LogP contribution in [-0.2, 0) is 9.13 Å². The first-order valence-electron chi connectivity index (χ1n) is 11.4. The molecule has 0 heterocycles. The Balaban J connectivity index is -0.000000143. The van der Waals surface area contributed by atoms with Crippen LogP contribution in [0.1, 0.15) is 130 Å². The van der Waals surface area contributed by atoms with E-state index in [9.17, 15) is 0 Å². The van der Waals surface area contributed by atoms with Crippen molar-refractivity contribution in [1.82, 2.24) is 0 Å². The fourth-order valence-electron chi connectivity index (χ4n) is 2.62. The molecule has 0 radical (unpaired) electrons. The SMILES string of the molecule is CC.CCCCCCCCCCCCCCCCCC.O.O=P([O-])([O-])[O-].O=P([O-])([O-])[O-]. The largest absolute Gasteiger partial charge is 0.822 e. The quantitative estimate of drug-likeness (QED) is 0.243. The highest BCUT2D eigenvalue weighted by molar-refractivity contribution is 7.40. The van der Waals surface area contributed by atoms with Crippen LogP contribution in [0.5, 0.6) is 0 Å². The van der Waals surface area contributed by atoms with Gasteiger partial charge < -0.3 is 44.0 Å². The van der Waals surface area contributed by atoms with E-state index in [1.807, 2.05) is 13.8 Å².